The Morgan fingerprint density at radius 3 is 2.20 bits per heavy atom. The molecule has 2 aromatic rings. The quantitative estimate of drug-likeness (QED) is 0.791. The molecule has 0 aliphatic heterocycles. The summed E-state index contributed by atoms with van der Waals surface area (Å²) in [5.41, 5.74) is 1.73. The van der Waals surface area contributed by atoms with Crippen molar-refractivity contribution in [3.05, 3.63) is 72.8 Å². The fourth-order valence-corrected chi connectivity index (χ4v) is 3.35. The number of rotatable bonds is 5. The molecule has 0 saturated carbocycles. The minimum atomic E-state index is -3.57. The lowest BCUT2D eigenvalue weighted by atomic mass is 10.2. The molecule has 3 nitrogen and oxygen atoms in total. The second-order valence-corrected chi connectivity index (χ2v) is 6.34. The van der Waals surface area contributed by atoms with Gasteiger partial charge in [0.25, 0.3) is 10.0 Å². The van der Waals surface area contributed by atoms with E-state index in [1.165, 1.54) is 4.31 Å². The minimum absolute atomic E-state index is 0.236. The molecule has 0 N–H and O–H groups in total. The molecule has 104 valence electrons. The van der Waals surface area contributed by atoms with Gasteiger partial charge in [-0.1, -0.05) is 42.0 Å². The average molecular weight is 287 g/mol. The number of nitrogens with zero attached hydrogens (tertiary/aromatic N) is 1. The average Bonchev–Trinajstić information content (AvgIpc) is 2.47. The normalized spacial score (nSPS) is 11.1. The lowest BCUT2D eigenvalue weighted by Gasteiger charge is -2.23. The van der Waals surface area contributed by atoms with Crippen LogP contribution < -0.4 is 4.31 Å². The standard InChI is InChI=1S/C16H17NO2S/c1-3-13-17(15-11-9-14(2)10-12-15)20(18,19)16-7-5-4-6-8-16/h3-12H,1,13H2,2H3. The predicted octanol–water partition coefficient (Wildman–Crippen LogP) is 3.38. The Bertz CT molecular complexity index is 676. The van der Waals surface area contributed by atoms with E-state index in [2.05, 4.69) is 6.58 Å². The Labute approximate surface area is 120 Å². The van der Waals surface area contributed by atoms with E-state index < -0.39 is 10.0 Å². The van der Waals surface area contributed by atoms with Crippen LogP contribution in [0, 0.1) is 6.92 Å². The molecule has 2 aromatic carbocycles. The summed E-state index contributed by atoms with van der Waals surface area (Å²) in [4.78, 5) is 0.280. The van der Waals surface area contributed by atoms with Crippen molar-refractivity contribution in [2.45, 2.75) is 11.8 Å². The number of anilines is 1. The third-order valence-corrected chi connectivity index (χ3v) is 4.76. The van der Waals surface area contributed by atoms with Crippen LogP contribution in [0.25, 0.3) is 0 Å². The molecule has 0 heterocycles. The van der Waals surface area contributed by atoms with Crippen molar-refractivity contribution < 1.29 is 8.42 Å². The number of hydrogen-bond acceptors (Lipinski definition) is 2. The first kappa shape index (κ1) is 14.3. The second kappa shape index (κ2) is 5.92. The highest BCUT2D eigenvalue weighted by molar-refractivity contribution is 7.92. The molecule has 2 rings (SSSR count). The van der Waals surface area contributed by atoms with Crippen molar-refractivity contribution in [3.63, 3.8) is 0 Å². The SMILES string of the molecule is C=CCN(c1ccc(C)cc1)S(=O)(=O)c1ccccc1. The molecule has 0 aliphatic carbocycles. The van der Waals surface area contributed by atoms with Gasteiger partial charge in [-0.2, -0.15) is 0 Å². The van der Waals surface area contributed by atoms with Crippen LogP contribution in [0.3, 0.4) is 0 Å². The molecular weight excluding hydrogens is 270 g/mol. The van der Waals surface area contributed by atoms with Crippen LogP contribution in [0.4, 0.5) is 5.69 Å². The van der Waals surface area contributed by atoms with E-state index in [0.29, 0.717) is 5.69 Å². The van der Waals surface area contributed by atoms with Gasteiger partial charge in [-0.05, 0) is 31.2 Å². The van der Waals surface area contributed by atoms with Crippen LogP contribution >= 0.6 is 0 Å². The van der Waals surface area contributed by atoms with Crippen LogP contribution in [0.15, 0.2) is 72.1 Å². The van der Waals surface area contributed by atoms with E-state index in [0.717, 1.165) is 5.56 Å². The number of sulfonamides is 1. The smallest absolute Gasteiger partial charge is 0.263 e. The van der Waals surface area contributed by atoms with Gasteiger partial charge in [0.15, 0.2) is 0 Å². The summed E-state index contributed by atoms with van der Waals surface area (Å²) >= 11 is 0. The Hall–Kier alpha value is -2.07. The lowest BCUT2D eigenvalue weighted by Crippen LogP contribution is -2.31. The molecule has 0 atom stereocenters. The first-order chi connectivity index (χ1) is 9.55. The van der Waals surface area contributed by atoms with Crippen molar-refractivity contribution >= 4 is 15.7 Å². The summed E-state index contributed by atoms with van der Waals surface area (Å²) in [5.74, 6) is 0. The summed E-state index contributed by atoms with van der Waals surface area (Å²) in [6, 6.07) is 15.8. The van der Waals surface area contributed by atoms with Crippen LogP contribution in [0.1, 0.15) is 5.56 Å². The van der Waals surface area contributed by atoms with Gasteiger partial charge in [0.05, 0.1) is 17.1 Å². The maximum Gasteiger partial charge on any atom is 0.264 e. The van der Waals surface area contributed by atoms with Crippen molar-refractivity contribution in [2.75, 3.05) is 10.8 Å². The zero-order valence-electron chi connectivity index (χ0n) is 11.4. The highest BCUT2D eigenvalue weighted by Crippen LogP contribution is 2.23. The van der Waals surface area contributed by atoms with Gasteiger partial charge in [-0.15, -0.1) is 6.58 Å². The van der Waals surface area contributed by atoms with E-state index in [1.807, 2.05) is 19.1 Å². The van der Waals surface area contributed by atoms with Crippen molar-refractivity contribution in [2.24, 2.45) is 0 Å². The number of hydrogen-bond donors (Lipinski definition) is 0. The van der Waals surface area contributed by atoms with Crippen LogP contribution in [0.2, 0.25) is 0 Å². The topological polar surface area (TPSA) is 37.4 Å². The largest absolute Gasteiger partial charge is 0.264 e. The minimum Gasteiger partial charge on any atom is -0.263 e. The van der Waals surface area contributed by atoms with E-state index in [1.54, 1.807) is 48.5 Å². The van der Waals surface area contributed by atoms with Crippen molar-refractivity contribution in [1.29, 1.82) is 0 Å². The molecular formula is C16H17NO2S. The molecule has 0 radical (unpaired) electrons. The lowest BCUT2D eigenvalue weighted by molar-refractivity contribution is 0.593. The van der Waals surface area contributed by atoms with Gasteiger partial charge in [0.2, 0.25) is 0 Å². The van der Waals surface area contributed by atoms with Crippen molar-refractivity contribution in [1.82, 2.24) is 0 Å². The second-order valence-electron chi connectivity index (χ2n) is 4.47. The zero-order chi connectivity index (χ0) is 14.6. The molecule has 0 fully saturated rings. The third-order valence-electron chi connectivity index (χ3n) is 2.95. The Kier molecular flexibility index (Phi) is 4.25. The van der Waals surface area contributed by atoms with E-state index in [-0.39, 0.29) is 11.4 Å². The summed E-state index contributed by atoms with van der Waals surface area (Å²) in [6.45, 7) is 5.85. The fraction of sp³-hybridized carbons (Fsp3) is 0.125. The van der Waals surface area contributed by atoms with Gasteiger partial charge in [0.1, 0.15) is 0 Å². The summed E-state index contributed by atoms with van der Waals surface area (Å²) in [5, 5.41) is 0. The number of aryl methyl sites for hydroxylation is 1. The molecule has 0 amide bonds. The molecule has 0 unspecified atom stereocenters. The Morgan fingerprint density at radius 1 is 1.05 bits per heavy atom. The van der Waals surface area contributed by atoms with E-state index in [9.17, 15) is 8.42 Å². The van der Waals surface area contributed by atoms with Crippen LogP contribution in [0.5, 0.6) is 0 Å². The highest BCUT2D eigenvalue weighted by atomic mass is 32.2. The summed E-state index contributed by atoms with van der Waals surface area (Å²) < 4.78 is 26.7. The van der Waals surface area contributed by atoms with Gasteiger partial charge in [-0.25, -0.2) is 8.42 Å². The Morgan fingerprint density at radius 2 is 1.65 bits per heavy atom. The maximum atomic E-state index is 12.7. The van der Waals surface area contributed by atoms with Gasteiger partial charge in [0, 0.05) is 0 Å². The molecule has 0 saturated heterocycles. The summed E-state index contributed by atoms with van der Waals surface area (Å²) in [6.07, 6.45) is 1.58. The highest BCUT2D eigenvalue weighted by Gasteiger charge is 2.23. The Balaban J connectivity index is 2.48. The zero-order valence-corrected chi connectivity index (χ0v) is 12.2. The third kappa shape index (κ3) is 2.91. The first-order valence-electron chi connectivity index (χ1n) is 6.31. The van der Waals surface area contributed by atoms with E-state index in [4.69, 9.17) is 0 Å². The molecule has 0 aromatic heterocycles. The van der Waals surface area contributed by atoms with Gasteiger partial charge >= 0.3 is 0 Å². The van der Waals surface area contributed by atoms with E-state index >= 15 is 0 Å². The van der Waals surface area contributed by atoms with Crippen molar-refractivity contribution in [3.8, 4) is 0 Å². The van der Waals surface area contributed by atoms with Gasteiger partial charge < -0.3 is 0 Å². The molecule has 20 heavy (non-hydrogen) atoms. The first-order valence-corrected chi connectivity index (χ1v) is 7.75. The molecule has 4 heteroatoms. The number of benzene rings is 2. The van der Waals surface area contributed by atoms with Gasteiger partial charge in [-0.3, -0.25) is 4.31 Å². The summed E-state index contributed by atoms with van der Waals surface area (Å²) in [7, 11) is -3.57. The van der Waals surface area contributed by atoms with Crippen LogP contribution in [-0.4, -0.2) is 15.0 Å². The maximum absolute atomic E-state index is 12.7. The monoisotopic (exact) mass is 287 g/mol. The molecule has 0 bridgehead atoms. The van der Waals surface area contributed by atoms with Crippen LogP contribution in [-0.2, 0) is 10.0 Å². The predicted molar refractivity (Wildman–Crippen MR) is 82.3 cm³/mol. The fourth-order valence-electron chi connectivity index (χ4n) is 1.89. The molecule has 0 spiro atoms. The molecule has 0 aliphatic rings.